The zero-order valence-electron chi connectivity index (χ0n) is 9.92. The molecule has 7 heteroatoms. The van der Waals surface area contributed by atoms with Gasteiger partial charge in [-0.05, 0) is 12.0 Å². The van der Waals surface area contributed by atoms with E-state index >= 15 is 0 Å². The van der Waals surface area contributed by atoms with Crippen LogP contribution in [0.4, 0.5) is 11.5 Å². The second-order valence-electron chi connectivity index (χ2n) is 3.60. The molecule has 96 valence electrons. The molecule has 0 bridgehead atoms. The van der Waals surface area contributed by atoms with Crippen molar-refractivity contribution in [3.8, 4) is 0 Å². The number of carbonyl (C=O) groups excluding carboxylic acids is 1. The van der Waals surface area contributed by atoms with Gasteiger partial charge in [0.05, 0.1) is 4.92 Å². The number of nitro groups is 1. The maximum absolute atomic E-state index is 10.6. The molecule has 7 nitrogen and oxygen atoms in total. The molecule has 0 saturated heterocycles. The van der Waals surface area contributed by atoms with E-state index in [1.54, 1.807) is 12.2 Å². The van der Waals surface area contributed by atoms with Gasteiger partial charge in [0.2, 0.25) is 11.7 Å². The van der Waals surface area contributed by atoms with Crippen molar-refractivity contribution >= 4 is 23.5 Å². The lowest BCUT2D eigenvalue weighted by Crippen LogP contribution is -2.20. The number of nitrogens with two attached hydrogens (primary N) is 1. The lowest BCUT2D eigenvalue weighted by Gasteiger charge is -1.98. The predicted octanol–water partition coefficient (Wildman–Crippen LogP) is 1.11. The molecule has 0 atom stereocenters. The Labute approximate surface area is 104 Å². The molecule has 0 aliphatic carbocycles. The third-order valence-electron chi connectivity index (χ3n) is 2.11. The summed E-state index contributed by atoms with van der Waals surface area (Å²) in [5.74, 6) is -0.191. The lowest BCUT2D eigenvalue weighted by atomic mass is 10.2. The van der Waals surface area contributed by atoms with Gasteiger partial charge in [0.25, 0.3) is 0 Å². The van der Waals surface area contributed by atoms with Crippen LogP contribution in [0.2, 0.25) is 0 Å². The van der Waals surface area contributed by atoms with Crippen molar-refractivity contribution in [2.75, 3.05) is 12.3 Å². The highest BCUT2D eigenvalue weighted by Crippen LogP contribution is 2.20. The largest absolute Gasteiger partial charge is 0.378 e. The summed E-state index contributed by atoms with van der Waals surface area (Å²) in [6.45, 7) is 1.97. The fourth-order valence-electron chi connectivity index (χ4n) is 1.27. The molecule has 0 spiro atoms. The van der Waals surface area contributed by atoms with Gasteiger partial charge in [-0.1, -0.05) is 12.2 Å². The minimum absolute atomic E-state index is 0.0896. The number of nitrogens with one attached hydrogen (secondary N) is 1. The molecule has 0 aromatic carbocycles. The van der Waals surface area contributed by atoms with Crippen molar-refractivity contribution in [3.63, 3.8) is 0 Å². The standard InChI is InChI=1S/C11H14N4O3/c1-8(16)13-5-3-2-4-9-6-10(15(17)18)11(12)14-7-9/h2,4,6-7H,3,5H2,1H3,(H2,12,14)(H,13,16). The number of carbonyl (C=O) groups is 1. The Morgan fingerprint density at radius 1 is 1.67 bits per heavy atom. The predicted molar refractivity (Wildman–Crippen MR) is 67.6 cm³/mol. The Balaban J connectivity index is 2.62. The first kappa shape index (κ1) is 13.6. The van der Waals surface area contributed by atoms with Crippen LogP contribution in [0.25, 0.3) is 6.08 Å². The van der Waals surface area contributed by atoms with E-state index in [1.165, 1.54) is 19.2 Å². The highest BCUT2D eigenvalue weighted by Gasteiger charge is 2.12. The maximum Gasteiger partial charge on any atom is 0.311 e. The Morgan fingerprint density at radius 2 is 2.39 bits per heavy atom. The van der Waals surface area contributed by atoms with E-state index in [0.29, 0.717) is 18.5 Å². The first-order valence-corrected chi connectivity index (χ1v) is 5.31. The fourth-order valence-corrected chi connectivity index (χ4v) is 1.27. The molecule has 1 rings (SSSR count). The number of anilines is 1. The van der Waals surface area contributed by atoms with Crippen molar-refractivity contribution in [2.24, 2.45) is 0 Å². The van der Waals surface area contributed by atoms with Gasteiger partial charge >= 0.3 is 5.69 Å². The average Bonchev–Trinajstić information content (AvgIpc) is 2.30. The molecule has 0 saturated carbocycles. The molecular formula is C11H14N4O3. The van der Waals surface area contributed by atoms with Crippen LogP contribution in [0.15, 0.2) is 18.3 Å². The van der Waals surface area contributed by atoms with Gasteiger partial charge in [0.15, 0.2) is 0 Å². The number of nitrogen functional groups attached to an aromatic ring is 1. The minimum atomic E-state index is -0.572. The first-order chi connectivity index (χ1) is 8.50. The normalized spacial score (nSPS) is 10.5. The Kier molecular flexibility index (Phi) is 4.79. The topological polar surface area (TPSA) is 111 Å². The molecule has 18 heavy (non-hydrogen) atoms. The molecule has 0 fully saturated rings. The van der Waals surface area contributed by atoms with E-state index in [2.05, 4.69) is 10.3 Å². The zero-order chi connectivity index (χ0) is 13.5. The number of hydrogen-bond acceptors (Lipinski definition) is 5. The van der Waals surface area contributed by atoms with Crippen LogP contribution in [0.1, 0.15) is 18.9 Å². The van der Waals surface area contributed by atoms with Crippen molar-refractivity contribution < 1.29 is 9.72 Å². The van der Waals surface area contributed by atoms with Crippen molar-refractivity contribution in [3.05, 3.63) is 34.0 Å². The summed E-state index contributed by atoms with van der Waals surface area (Å²) in [7, 11) is 0. The molecule has 1 aromatic rings. The van der Waals surface area contributed by atoms with Crippen LogP contribution in [0, 0.1) is 10.1 Å². The van der Waals surface area contributed by atoms with E-state index in [-0.39, 0.29) is 17.4 Å². The van der Waals surface area contributed by atoms with Gasteiger partial charge < -0.3 is 11.1 Å². The van der Waals surface area contributed by atoms with E-state index in [4.69, 9.17) is 5.73 Å². The number of pyridine rings is 1. The molecule has 1 amide bonds. The molecular weight excluding hydrogens is 236 g/mol. The summed E-state index contributed by atoms with van der Waals surface area (Å²) in [5.41, 5.74) is 5.76. The molecule has 0 aliphatic heterocycles. The van der Waals surface area contributed by atoms with Crippen LogP contribution in [-0.2, 0) is 4.79 Å². The van der Waals surface area contributed by atoms with Crippen LogP contribution in [0.5, 0.6) is 0 Å². The van der Waals surface area contributed by atoms with Crippen molar-refractivity contribution in [1.29, 1.82) is 0 Å². The molecule has 1 aromatic heterocycles. The van der Waals surface area contributed by atoms with Gasteiger partial charge in [-0.25, -0.2) is 4.98 Å². The second-order valence-corrected chi connectivity index (χ2v) is 3.60. The quantitative estimate of drug-likeness (QED) is 0.462. The Morgan fingerprint density at radius 3 is 3.00 bits per heavy atom. The van der Waals surface area contributed by atoms with Gasteiger partial charge in [-0.15, -0.1) is 0 Å². The Hall–Kier alpha value is -2.44. The summed E-state index contributed by atoms with van der Waals surface area (Å²) in [6.07, 6.45) is 5.59. The monoisotopic (exact) mass is 250 g/mol. The van der Waals surface area contributed by atoms with Gasteiger partial charge in [0.1, 0.15) is 0 Å². The minimum Gasteiger partial charge on any atom is -0.378 e. The first-order valence-electron chi connectivity index (χ1n) is 5.31. The number of hydrogen-bond donors (Lipinski definition) is 2. The summed E-state index contributed by atoms with van der Waals surface area (Å²) >= 11 is 0. The maximum atomic E-state index is 10.6. The van der Waals surface area contributed by atoms with Crippen LogP contribution < -0.4 is 11.1 Å². The highest BCUT2D eigenvalue weighted by atomic mass is 16.6. The zero-order valence-corrected chi connectivity index (χ0v) is 9.92. The number of aromatic nitrogens is 1. The summed E-state index contributed by atoms with van der Waals surface area (Å²) in [6, 6.07) is 1.36. The highest BCUT2D eigenvalue weighted by molar-refractivity contribution is 5.72. The van der Waals surface area contributed by atoms with Gasteiger partial charge in [-0.3, -0.25) is 14.9 Å². The Bertz CT molecular complexity index is 485. The van der Waals surface area contributed by atoms with Gasteiger partial charge in [0, 0.05) is 25.7 Å². The number of rotatable bonds is 5. The smallest absolute Gasteiger partial charge is 0.311 e. The summed E-state index contributed by atoms with van der Waals surface area (Å²) < 4.78 is 0. The van der Waals surface area contributed by atoms with E-state index < -0.39 is 4.92 Å². The molecule has 0 aliphatic rings. The van der Waals surface area contributed by atoms with Crippen LogP contribution in [0.3, 0.4) is 0 Å². The van der Waals surface area contributed by atoms with Crippen LogP contribution in [-0.4, -0.2) is 22.4 Å². The van der Waals surface area contributed by atoms with Gasteiger partial charge in [-0.2, -0.15) is 0 Å². The fraction of sp³-hybridized carbons (Fsp3) is 0.273. The van der Waals surface area contributed by atoms with E-state index in [9.17, 15) is 14.9 Å². The molecule has 1 heterocycles. The van der Waals surface area contributed by atoms with Crippen molar-refractivity contribution in [1.82, 2.24) is 10.3 Å². The summed E-state index contributed by atoms with van der Waals surface area (Å²) in [4.78, 5) is 24.4. The van der Waals surface area contributed by atoms with Crippen molar-refractivity contribution in [2.45, 2.75) is 13.3 Å². The summed E-state index contributed by atoms with van der Waals surface area (Å²) in [5, 5.41) is 13.3. The van der Waals surface area contributed by atoms with E-state index in [1.807, 2.05) is 0 Å². The molecule has 3 N–H and O–H groups in total. The number of amides is 1. The second kappa shape index (κ2) is 6.33. The van der Waals surface area contributed by atoms with E-state index in [0.717, 1.165) is 0 Å². The van der Waals surface area contributed by atoms with Crippen LogP contribution >= 0.6 is 0 Å². The number of nitrogens with zero attached hydrogens (tertiary/aromatic N) is 2. The third-order valence-corrected chi connectivity index (χ3v) is 2.11. The third kappa shape index (κ3) is 4.20. The molecule has 0 radical (unpaired) electrons. The average molecular weight is 250 g/mol. The lowest BCUT2D eigenvalue weighted by molar-refractivity contribution is -0.384. The SMILES string of the molecule is CC(=O)NCCC=Cc1cnc(N)c([N+](=O)[O-])c1. The molecule has 0 unspecified atom stereocenters.